The lowest BCUT2D eigenvalue weighted by Crippen LogP contribution is -2.38. The van der Waals surface area contributed by atoms with Crippen LogP contribution in [-0.4, -0.2) is 24.2 Å². The first-order chi connectivity index (χ1) is 6.77. The van der Waals surface area contributed by atoms with E-state index >= 15 is 0 Å². The van der Waals surface area contributed by atoms with Crippen LogP contribution in [0.4, 0.5) is 0 Å². The highest BCUT2D eigenvalue weighted by atomic mass is 32.1. The van der Waals surface area contributed by atoms with Crippen LogP contribution in [-0.2, 0) is 4.79 Å². The lowest BCUT2D eigenvalue weighted by Gasteiger charge is -2.26. The third-order valence-electron chi connectivity index (χ3n) is 2.65. The van der Waals surface area contributed by atoms with Gasteiger partial charge in [0.15, 0.2) is 0 Å². The number of carboxylic acids is 1. The zero-order valence-electron chi connectivity index (χ0n) is 7.77. The fourth-order valence-electron chi connectivity index (χ4n) is 1.87. The van der Waals surface area contributed by atoms with Crippen LogP contribution in [0.1, 0.15) is 17.2 Å². The molecule has 2 atom stereocenters. The molecule has 0 bridgehead atoms. The maximum absolute atomic E-state index is 10.8. The van der Waals surface area contributed by atoms with Crippen LogP contribution in [0.25, 0.3) is 0 Å². The second-order valence-electron chi connectivity index (χ2n) is 3.64. The monoisotopic (exact) mass is 211 g/mol. The van der Waals surface area contributed by atoms with E-state index in [9.17, 15) is 4.79 Å². The van der Waals surface area contributed by atoms with Crippen molar-refractivity contribution in [1.82, 2.24) is 5.32 Å². The molecule has 0 saturated carbocycles. The highest BCUT2D eigenvalue weighted by Crippen LogP contribution is 2.29. The van der Waals surface area contributed by atoms with Gasteiger partial charge in [0.1, 0.15) is 0 Å². The summed E-state index contributed by atoms with van der Waals surface area (Å²) in [4.78, 5) is 12.1. The van der Waals surface area contributed by atoms with Crippen LogP contribution in [0, 0.1) is 5.92 Å². The van der Waals surface area contributed by atoms with Gasteiger partial charge in [-0.2, -0.15) is 0 Å². The molecule has 0 spiro atoms. The van der Waals surface area contributed by atoms with Crippen LogP contribution >= 0.6 is 11.3 Å². The number of nitrogens with one attached hydrogen (secondary N) is 1. The van der Waals surface area contributed by atoms with Gasteiger partial charge in [0.25, 0.3) is 0 Å². The molecule has 0 aliphatic carbocycles. The summed E-state index contributed by atoms with van der Waals surface area (Å²) in [7, 11) is 0. The van der Waals surface area contributed by atoms with E-state index in [4.69, 9.17) is 5.11 Å². The number of carboxylic acid groups (broad SMARTS) is 1. The fourth-order valence-corrected chi connectivity index (χ4v) is 2.71. The van der Waals surface area contributed by atoms with Crippen molar-refractivity contribution in [3.05, 3.63) is 22.4 Å². The molecule has 0 radical (unpaired) electrons. The Kier molecular flexibility index (Phi) is 2.84. The predicted octanol–water partition coefficient (Wildman–Crippen LogP) is 1.53. The molecule has 1 aromatic rings. The maximum Gasteiger partial charge on any atom is 0.307 e. The summed E-state index contributed by atoms with van der Waals surface area (Å²) in [6, 6.07) is 4.10. The van der Waals surface area contributed by atoms with Crippen molar-refractivity contribution in [2.75, 3.05) is 13.1 Å². The fraction of sp³-hybridized carbons (Fsp3) is 0.500. The predicted molar refractivity (Wildman–Crippen MR) is 55.7 cm³/mol. The average Bonchev–Trinajstić information content (AvgIpc) is 2.71. The molecule has 1 aromatic heterocycles. The van der Waals surface area contributed by atoms with Crippen LogP contribution in [0.15, 0.2) is 17.5 Å². The first kappa shape index (κ1) is 9.68. The summed E-state index contributed by atoms with van der Waals surface area (Å²) in [6.07, 6.45) is 0.767. The van der Waals surface area contributed by atoms with Gasteiger partial charge in [-0.05, 0) is 17.9 Å². The number of hydrogen-bond donors (Lipinski definition) is 2. The van der Waals surface area contributed by atoms with Crippen molar-refractivity contribution in [2.24, 2.45) is 5.92 Å². The van der Waals surface area contributed by atoms with Gasteiger partial charge in [-0.1, -0.05) is 6.07 Å². The van der Waals surface area contributed by atoms with Gasteiger partial charge in [0.05, 0.1) is 5.92 Å². The molecular weight excluding hydrogens is 198 g/mol. The largest absolute Gasteiger partial charge is 0.481 e. The van der Waals surface area contributed by atoms with Gasteiger partial charge in [-0.15, -0.1) is 11.3 Å². The Hall–Kier alpha value is -0.870. The van der Waals surface area contributed by atoms with Gasteiger partial charge in [-0.25, -0.2) is 0 Å². The topological polar surface area (TPSA) is 49.3 Å². The molecule has 1 aliphatic rings. The average molecular weight is 211 g/mol. The number of piperidine rings is 1. The normalized spacial score (nSPS) is 27.4. The minimum atomic E-state index is -0.682. The molecule has 2 unspecified atom stereocenters. The third kappa shape index (κ3) is 1.96. The molecule has 2 heterocycles. The van der Waals surface area contributed by atoms with E-state index in [1.165, 1.54) is 4.88 Å². The molecule has 2 N–H and O–H groups in total. The van der Waals surface area contributed by atoms with Crippen LogP contribution < -0.4 is 5.32 Å². The highest BCUT2D eigenvalue weighted by molar-refractivity contribution is 7.10. The van der Waals surface area contributed by atoms with E-state index < -0.39 is 5.97 Å². The molecule has 4 heteroatoms. The van der Waals surface area contributed by atoms with E-state index in [0.29, 0.717) is 12.5 Å². The minimum absolute atomic E-state index is 0.226. The second-order valence-corrected chi connectivity index (χ2v) is 4.62. The summed E-state index contributed by atoms with van der Waals surface area (Å²) >= 11 is 1.71. The van der Waals surface area contributed by atoms with Crippen molar-refractivity contribution < 1.29 is 9.90 Å². The summed E-state index contributed by atoms with van der Waals surface area (Å²) in [6.45, 7) is 1.52. The highest BCUT2D eigenvalue weighted by Gasteiger charge is 2.27. The number of aliphatic carboxylic acids is 1. The zero-order valence-corrected chi connectivity index (χ0v) is 8.59. The molecule has 1 saturated heterocycles. The Bertz CT molecular complexity index is 310. The zero-order chi connectivity index (χ0) is 9.97. The summed E-state index contributed by atoms with van der Waals surface area (Å²) in [5.74, 6) is -0.528. The lowest BCUT2D eigenvalue weighted by molar-refractivity contribution is -0.142. The van der Waals surface area contributed by atoms with E-state index in [0.717, 1.165) is 13.0 Å². The Morgan fingerprint density at radius 1 is 1.57 bits per heavy atom. The molecule has 1 aliphatic heterocycles. The molecule has 0 aromatic carbocycles. The summed E-state index contributed by atoms with van der Waals surface area (Å²) < 4.78 is 0. The van der Waals surface area contributed by atoms with E-state index in [-0.39, 0.29) is 5.92 Å². The van der Waals surface area contributed by atoms with Crippen molar-refractivity contribution >= 4 is 17.3 Å². The molecular formula is C10H13NO2S. The number of thiophene rings is 1. The van der Waals surface area contributed by atoms with Gasteiger partial charge < -0.3 is 10.4 Å². The summed E-state index contributed by atoms with van der Waals surface area (Å²) in [5.41, 5.74) is 0. The lowest BCUT2D eigenvalue weighted by atomic mass is 9.89. The Morgan fingerprint density at radius 3 is 3.07 bits per heavy atom. The third-order valence-corrected chi connectivity index (χ3v) is 3.68. The summed E-state index contributed by atoms with van der Waals surface area (Å²) in [5, 5.41) is 14.1. The number of carbonyl (C=O) groups is 1. The van der Waals surface area contributed by atoms with Crippen LogP contribution in [0.5, 0.6) is 0 Å². The molecule has 3 nitrogen and oxygen atoms in total. The SMILES string of the molecule is O=C(O)C1CNCC(c2cccs2)C1. The van der Waals surface area contributed by atoms with Gasteiger partial charge in [0.2, 0.25) is 0 Å². The van der Waals surface area contributed by atoms with Crippen molar-refractivity contribution in [3.8, 4) is 0 Å². The Morgan fingerprint density at radius 2 is 2.43 bits per heavy atom. The van der Waals surface area contributed by atoms with Crippen LogP contribution in [0.2, 0.25) is 0 Å². The molecule has 1 fully saturated rings. The number of rotatable bonds is 2. The van der Waals surface area contributed by atoms with Gasteiger partial charge >= 0.3 is 5.97 Å². The first-order valence-corrected chi connectivity index (χ1v) is 5.62. The van der Waals surface area contributed by atoms with Crippen LogP contribution in [0.3, 0.4) is 0 Å². The molecule has 2 rings (SSSR count). The van der Waals surface area contributed by atoms with Crippen molar-refractivity contribution in [3.63, 3.8) is 0 Å². The number of hydrogen-bond acceptors (Lipinski definition) is 3. The first-order valence-electron chi connectivity index (χ1n) is 4.74. The Balaban J connectivity index is 2.04. The smallest absolute Gasteiger partial charge is 0.307 e. The molecule has 0 amide bonds. The maximum atomic E-state index is 10.8. The standard InChI is InChI=1S/C10H13NO2S/c12-10(13)8-4-7(5-11-6-8)9-2-1-3-14-9/h1-3,7-8,11H,4-6H2,(H,12,13). The minimum Gasteiger partial charge on any atom is -0.481 e. The van der Waals surface area contributed by atoms with Gasteiger partial charge in [0, 0.05) is 23.9 Å². The Labute approximate surface area is 86.8 Å². The molecule has 76 valence electrons. The van der Waals surface area contributed by atoms with E-state index in [2.05, 4.69) is 11.4 Å². The second kappa shape index (κ2) is 4.11. The molecule has 14 heavy (non-hydrogen) atoms. The van der Waals surface area contributed by atoms with E-state index in [1.54, 1.807) is 11.3 Å². The van der Waals surface area contributed by atoms with Crippen molar-refractivity contribution in [1.29, 1.82) is 0 Å². The van der Waals surface area contributed by atoms with E-state index in [1.807, 2.05) is 11.4 Å². The van der Waals surface area contributed by atoms with Crippen molar-refractivity contribution in [2.45, 2.75) is 12.3 Å². The van der Waals surface area contributed by atoms with Gasteiger partial charge in [-0.3, -0.25) is 4.79 Å². The quantitative estimate of drug-likeness (QED) is 0.780.